The van der Waals surface area contributed by atoms with Gasteiger partial charge in [0.2, 0.25) is 0 Å². The second-order valence-corrected chi connectivity index (χ2v) is 3.09. The van der Waals surface area contributed by atoms with Crippen LogP contribution in [-0.2, 0) is 9.53 Å². The predicted molar refractivity (Wildman–Crippen MR) is 45.5 cm³/mol. The van der Waals surface area contributed by atoms with Gasteiger partial charge < -0.3 is 10.5 Å². The topological polar surface area (TPSA) is 52.3 Å². The first kappa shape index (κ1) is 9.00. The van der Waals surface area contributed by atoms with Gasteiger partial charge in [-0.1, -0.05) is 0 Å². The maximum Gasteiger partial charge on any atom is 0.310 e. The van der Waals surface area contributed by atoms with Crippen molar-refractivity contribution < 1.29 is 9.53 Å². The van der Waals surface area contributed by atoms with Crippen LogP contribution in [-0.4, -0.2) is 18.1 Å². The Bertz CT molecular complexity index is 174. The monoisotopic (exact) mass is 221 g/mol. The fourth-order valence-electron chi connectivity index (χ4n) is 1.83. The highest BCUT2D eigenvalue weighted by Crippen LogP contribution is 2.32. The SMILES string of the molecule is Br.N[C@H]1[C@H]2CCC[C@H]1C(=O)O2. The fourth-order valence-corrected chi connectivity index (χ4v) is 1.83. The third-order valence-corrected chi connectivity index (χ3v) is 2.47. The van der Waals surface area contributed by atoms with Crippen molar-refractivity contribution >= 4 is 23.0 Å². The summed E-state index contributed by atoms with van der Waals surface area (Å²) in [6.45, 7) is 0. The highest BCUT2D eigenvalue weighted by atomic mass is 79.9. The van der Waals surface area contributed by atoms with Crippen LogP contribution in [0.1, 0.15) is 19.3 Å². The average Bonchev–Trinajstić information content (AvgIpc) is 2.16. The van der Waals surface area contributed by atoms with Crippen LogP contribution in [0.25, 0.3) is 0 Å². The summed E-state index contributed by atoms with van der Waals surface area (Å²) in [6, 6.07) is -0.0127. The lowest BCUT2D eigenvalue weighted by Gasteiger charge is -2.20. The molecule has 2 aliphatic rings. The molecule has 0 unspecified atom stereocenters. The van der Waals surface area contributed by atoms with Gasteiger partial charge in [-0.15, -0.1) is 17.0 Å². The molecule has 3 nitrogen and oxygen atoms in total. The van der Waals surface area contributed by atoms with Crippen molar-refractivity contribution in [3.8, 4) is 0 Å². The molecule has 64 valence electrons. The summed E-state index contributed by atoms with van der Waals surface area (Å²) in [5.41, 5.74) is 5.73. The van der Waals surface area contributed by atoms with E-state index in [0.29, 0.717) is 0 Å². The summed E-state index contributed by atoms with van der Waals surface area (Å²) in [6.07, 6.45) is 3.01. The molecule has 1 heterocycles. The van der Waals surface area contributed by atoms with Crippen LogP contribution >= 0.6 is 17.0 Å². The van der Waals surface area contributed by atoms with Gasteiger partial charge in [-0.3, -0.25) is 4.79 Å². The quantitative estimate of drug-likeness (QED) is 0.611. The number of rotatable bonds is 0. The lowest BCUT2D eigenvalue weighted by Crippen LogP contribution is -2.38. The van der Waals surface area contributed by atoms with E-state index in [0.717, 1.165) is 19.3 Å². The Balaban J connectivity index is 0.000000605. The van der Waals surface area contributed by atoms with Crippen LogP contribution in [0.5, 0.6) is 0 Å². The van der Waals surface area contributed by atoms with Crippen molar-refractivity contribution in [3.05, 3.63) is 0 Å². The van der Waals surface area contributed by atoms with Gasteiger partial charge >= 0.3 is 5.97 Å². The number of nitrogens with two attached hydrogens (primary N) is 1. The van der Waals surface area contributed by atoms with Gasteiger partial charge in [-0.05, 0) is 19.3 Å². The van der Waals surface area contributed by atoms with Crippen LogP contribution in [0, 0.1) is 5.92 Å². The molecule has 0 aromatic heterocycles. The van der Waals surface area contributed by atoms with Crippen molar-refractivity contribution in [2.45, 2.75) is 31.4 Å². The Morgan fingerprint density at radius 2 is 2.18 bits per heavy atom. The average molecular weight is 222 g/mol. The van der Waals surface area contributed by atoms with E-state index >= 15 is 0 Å². The lowest BCUT2D eigenvalue weighted by atomic mass is 9.86. The van der Waals surface area contributed by atoms with Crippen molar-refractivity contribution in [1.29, 1.82) is 0 Å². The first-order chi connectivity index (χ1) is 4.79. The van der Waals surface area contributed by atoms with Gasteiger partial charge in [-0.25, -0.2) is 0 Å². The minimum Gasteiger partial charge on any atom is -0.460 e. The summed E-state index contributed by atoms with van der Waals surface area (Å²) in [5, 5.41) is 0. The highest BCUT2D eigenvalue weighted by molar-refractivity contribution is 8.93. The molecular formula is C7H12BrNO2. The summed E-state index contributed by atoms with van der Waals surface area (Å²) in [5.74, 6) is -0.0613. The number of halogens is 1. The fraction of sp³-hybridized carbons (Fsp3) is 0.857. The number of fused-ring (bicyclic) bond motifs is 2. The van der Waals surface area contributed by atoms with Gasteiger partial charge in [0.05, 0.1) is 12.0 Å². The molecule has 11 heavy (non-hydrogen) atoms. The van der Waals surface area contributed by atoms with E-state index in [9.17, 15) is 4.79 Å². The predicted octanol–water partition coefficient (Wildman–Crippen LogP) is 0.617. The van der Waals surface area contributed by atoms with Gasteiger partial charge in [0.15, 0.2) is 0 Å². The Morgan fingerprint density at radius 3 is 2.73 bits per heavy atom. The van der Waals surface area contributed by atoms with E-state index in [2.05, 4.69) is 0 Å². The van der Waals surface area contributed by atoms with Crippen molar-refractivity contribution in [2.75, 3.05) is 0 Å². The first-order valence-corrected chi connectivity index (χ1v) is 3.75. The Kier molecular flexibility index (Phi) is 2.54. The van der Waals surface area contributed by atoms with Gasteiger partial charge in [-0.2, -0.15) is 0 Å². The Hall–Kier alpha value is -0.0900. The van der Waals surface area contributed by atoms with Crippen LogP contribution in [0.4, 0.5) is 0 Å². The molecule has 0 amide bonds. The second kappa shape index (κ2) is 3.11. The lowest BCUT2D eigenvalue weighted by molar-refractivity contribution is -0.143. The van der Waals surface area contributed by atoms with E-state index < -0.39 is 0 Å². The van der Waals surface area contributed by atoms with Crippen LogP contribution in [0.3, 0.4) is 0 Å². The third-order valence-electron chi connectivity index (χ3n) is 2.47. The number of ether oxygens (including phenoxy) is 1. The molecule has 2 fully saturated rings. The largest absolute Gasteiger partial charge is 0.460 e. The summed E-state index contributed by atoms with van der Waals surface area (Å²) >= 11 is 0. The van der Waals surface area contributed by atoms with Crippen molar-refractivity contribution in [3.63, 3.8) is 0 Å². The summed E-state index contributed by atoms with van der Waals surface area (Å²) in [4.78, 5) is 11.0. The zero-order valence-electron chi connectivity index (χ0n) is 6.16. The van der Waals surface area contributed by atoms with E-state index in [4.69, 9.17) is 10.5 Å². The molecule has 0 spiro atoms. The normalized spacial score (nSPS) is 41.2. The minimum atomic E-state index is -0.0741. The Labute approximate surface area is 76.0 Å². The van der Waals surface area contributed by atoms with Gasteiger partial charge in [0, 0.05) is 0 Å². The smallest absolute Gasteiger partial charge is 0.310 e. The van der Waals surface area contributed by atoms with Crippen LogP contribution < -0.4 is 5.73 Å². The molecule has 2 N–H and O–H groups in total. The zero-order chi connectivity index (χ0) is 7.14. The first-order valence-electron chi connectivity index (χ1n) is 3.75. The van der Waals surface area contributed by atoms with Gasteiger partial charge in [0.25, 0.3) is 0 Å². The van der Waals surface area contributed by atoms with E-state index in [1.54, 1.807) is 0 Å². The maximum atomic E-state index is 11.0. The molecule has 1 aliphatic heterocycles. The van der Waals surface area contributed by atoms with E-state index in [1.807, 2.05) is 0 Å². The van der Waals surface area contributed by atoms with Crippen LogP contribution in [0.15, 0.2) is 0 Å². The molecule has 4 heteroatoms. The molecule has 3 atom stereocenters. The number of hydrogen-bond acceptors (Lipinski definition) is 3. The summed E-state index contributed by atoms with van der Waals surface area (Å²) < 4.78 is 5.03. The molecular weight excluding hydrogens is 210 g/mol. The Morgan fingerprint density at radius 1 is 1.45 bits per heavy atom. The number of carbonyl (C=O) groups is 1. The van der Waals surface area contributed by atoms with Crippen molar-refractivity contribution in [1.82, 2.24) is 0 Å². The molecule has 0 aromatic rings. The van der Waals surface area contributed by atoms with Crippen molar-refractivity contribution in [2.24, 2.45) is 11.7 Å². The molecule has 1 aliphatic carbocycles. The molecule has 2 rings (SSSR count). The highest BCUT2D eigenvalue weighted by Gasteiger charge is 2.44. The molecule has 2 bridgehead atoms. The van der Waals surface area contributed by atoms with E-state index in [-0.39, 0.29) is 41.0 Å². The number of hydrogen-bond donors (Lipinski definition) is 1. The van der Waals surface area contributed by atoms with Gasteiger partial charge in [0.1, 0.15) is 6.10 Å². The molecule has 1 saturated heterocycles. The standard InChI is InChI=1S/C7H11NO2.BrH/c8-6-4-2-1-3-5(6)10-7(4)9;/h4-6H,1-3,8H2;1H/t4-,5-,6-;/m1./s1. The molecule has 1 saturated carbocycles. The van der Waals surface area contributed by atoms with E-state index in [1.165, 1.54) is 0 Å². The summed E-state index contributed by atoms with van der Waals surface area (Å²) in [7, 11) is 0. The molecule has 0 radical (unpaired) electrons. The van der Waals surface area contributed by atoms with Crippen LogP contribution in [0.2, 0.25) is 0 Å². The molecule has 0 aromatic carbocycles. The zero-order valence-corrected chi connectivity index (χ0v) is 7.87. The third kappa shape index (κ3) is 1.29. The second-order valence-electron chi connectivity index (χ2n) is 3.09. The minimum absolute atomic E-state index is 0. The maximum absolute atomic E-state index is 11.0. The number of carbonyl (C=O) groups excluding carboxylic acids is 1. The number of esters is 1.